The van der Waals surface area contributed by atoms with Crippen LogP contribution in [0.2, 0.25) is 0 Å². The highest BCUT2D eigenvalue weighted by Gasteiger charge is 2.01. The average molecular weight is 243 g/mol. The zero-order chi connectivity index (χ0) is 9.84. The molecule has 0 atom stereocenters. The molecule has 0 saturated heterocycles. The molecular weight excluding hydrogens is 228 g/mol. The predicted molar refractivity (Wildman–Crippen MR) is 61.2 cm³/mol. The second-order valence-electron chi connectivity index (χ2n) is 3.14. The van der Waals surface area contributed by atoms with Gasteiger partial charge in [0.1, 0.15) is 0 Å². The molecule has 0 aliphatic carbocycles. The Balaban J connectivity index is 2.84. The summed E-state index contributed by atoms with van der Waals surface area (Å²) in [5, 5.41) is 0. The number of aryl methyl sites for hydroxylation is 1. The van der Waals surface area contributed by atoms with Gasteiger partial charge in [-0.05, 0) is 30.7 Å². The van der Waals surface area contributed by atoms with E-state index in [0.717, 1.165) is 11.0 Å². The van der Waals surface area contributed by atoms with Crippen LogP contribution in [0.3, 0.4) is 0 Å². The van der Waals surface area contributed by atoms with Gasteiger partial charge in [-0.25, -0.2) is 0 Å². The normalized spacial score (nSPS) is 10.2. The first-order chi connectivity index (χ1) is 6.15. The largest absolute Gasteiger partial charge is 0.373 e. The third-order valence-corrected chi connectivity index (χ3v) is 2.94. The summed E-state index contributed by atoms with van der Waals surface area (Å²) < 4.78 is 1.15. The van der Waals surface area contributed by atoms with E-state index in [1.807, 2.05) is 0 Å². The lowest BCUT2D eigenvalue weighted by molar-refractivity contribution is 0.885. The zero-order valence-electron chi connectivity index (χ0n) is 8.05. The van der Waals surface area contributed by atoms with Crippen LogP contribution in [-0.4, -0.2) is 20.1 Å². The van der Waals surface area contributed by atoms with Gasteiger partial charge >= 0.3 is 0 Å². The number of anilines is 1. The van der Waals surface area contributed by atoms with Crippen molar-refractivity contribution in [2.45, 2.75) is 6.92 Å². The summed E-state index contributed by atoms with van der Waals surface area (Å²) in [6, 6.07) is 6.31. The first-order valence-electron chi connectivity index (χ1n) is 4.32. The highest BCUT2D eigenvalue weighted by molar-refractivity contribution is 9.10. The number of rotatable bonds is 3. The first-order valence-corrected chi connectivity index (χ1v) is 5.12. The van der Waals surface area contributed by atoms with Gasteiger partial charge in [0.15, 0.2) is 0 Å². The van der Waals surface area contributed by atoms with Gasteiger partial charge in [-0.2, -0.15) is 0 Å². The van der Waals surface area contributed by atoms with Crippen molar-refractivity contribution in [3.63, 3.8) is 0 Å². The van der Waals surface area contributed by atoms with E-state index in [0.29, 0.717) is 6.54 Å². The van der Waals surface area contributed by atoms with Crippen LogP contribution < -0.4 is 10.6 Å². The molecule has 0 unspecified atom stereocenters. The standard InChI is InChI=1S/C10H15BrN2/c1-8-7-9(3-4-10(8)11)13(2)6-5-12/h3-4,7H,5-6,12H2,1-2H3. The number of likely N-dealkylation sites (N-methyl/N-ethyl adjacent to an activating group) is 1. The van der Waals surface area contributed by atoms with Crippen molar-refractivity contribution in [2.24, 2.45) is 5.73 Å². The molecule has 0 aliphatic rings. The Kier molecular flexibility index (Phi) is 3.75. The molecule has 2 N–H and O–H groups in total. The lowest BCUT2D eigenvalue weighted by atomic mass is 10.2. The highest BCUT2D eigenvalue weighted by Crippen LogP contribution is 2.21. The van der Waals surface area contributed by atoms with E-state index in [2.05, 4.69) is 53.0 Å². The fraction of sp³-hybridized carbons (Fsp3) is 0.400. The number of halogens is 1. The SMILES string of the molecule is Cc1cc(N(C)CCN)ccc1Br. The lowest BCUT2D eigenvalue weighted by Gasteiger charge is -2.18. The van der Waals surface area contributed by atoms with Crippen LogP contribution in [-0.2, 0) is 0 Å². The second-order valence-corrected chi connectivity index (χ2v) is 4.00. The smallest absolute Gasteiger partial charge is 0.0367 e. The van der Waals surface area contributed by atoms with Crippen molar-refractivity contribution in [1.29, 1.82) is 0 Å². The topological polar surface area (TPSA) is 29.3 Å². The third-order valence-electron chi connectivity index (χ3n) is 2.05. The van der Waals surface area contributed by atoms with Crippen molar-refractivity contribution in [2.75, 3.05) is 25.0 Å². The van der Waals surface area contributed by atoms with E-state index in [1.165, 1.54) is 11.3 Å². The van der Waals surface area contributed by atoms with Crippen LogP contribution in [0.4, 0.5) is 5.69 Å². The Morgan fingerprint density at radius 1 is 1.46 bits per heavy atom. The maximum Gasteiger partial charge on any atom is 0.0367 e. The first kappa shape index (κ1) is 10.5. The number of hydrogen-bond donors (Lipinski definition) is 1. The maximum atomic E-state index is 5.48. The van der Waals surface area contributed by atoms with Gasteiger partial charge in [0.05, 0.1) is 0 Å². The molecule has 0 radical (unpaired) electrons. The molecule has 0 spiro atoms. The van der Waals surface area contributed by atoms with Gasteiger partial charge in [0, 0.05) is 30.3 Å². The van der Waals surface area contributed by atoms with E-state index in [1.54, 1.807) is 0 Å². The molecule has 3 heteroatoms. The molecule has 0 amide bonds. The molecule has 13 heavy (non-hydrogen) atoms. The Labute approximate surface area is 87.9 Å². The van der Waals surface area contributed by atoms with Crippen LogP contribution in [0.25, 0.3) is 0 Å². The van der Waals surface area contributed by atoms with E-state index in [4.69, 9.17) is 5.73 Å². The highest BCUT2D eigenvalue weighted by atomic mass is 79.9. The summed E-state index contributed by atoms with van der Waals surface area (Å²) in [6.07, 6.45) is 0. The maximum absolute atomic E-state index is 5.48. The molecule has 1 aromatic carbocycles. The number of nitrogens with two attached hydrogens (primary N) is 1. The summed E-state index contributed by atoms with van der Waals surface area (Å²) in [4.78, 5) is 2.15. The molecule has 1 rings (SSSR count). The van der Waals surface area contributed by atoms with E-state index in [9.17, 15) is 0 Å². The zero-order valence-corrected chi connectivity index (χ0v) is 9.63. The van der Waals surface area contributed by atoms with Crippen LogP contribution in [0, 0.1) is 6.92 Å². The molecule has 0 aliphatic heterocycles. The number of hydrogen-bond acceptors (Lipinski definition) is 2. The van der Waals surface area contributed by atoms with Gasteiger partial charge in [-0.1, -0.05) is 15.9 Å². The molecule has 2 nitrogen and oxygen atoms in total. The summed E-state index contributed by atoms with van der Waals surface area (Å²) in [6.45, 7) is 3.66. The molecule has 0 heterocycles. The van der Waals surface area contributed by atoms with E-state index >= 15 is 0 Å². The minimum absolute atomic E-state index is 0.686. The van der Waals surface area contributed by atoms with Crippen molar-refractivity contribution in [3.8, 4) is 0 Å². The van der Waals surface area contributed by atoms with Crippen LogP contribution in [0.1, 0.15) is 5.56 Å². The fourth-order valence-corrected chi connectivity index (χ4v) is 1.44. The number of nitrogens with zero attached hydrogens (tertiary/aromatic N) is 1. The van der Waals surface area contributed by atoms with Gasteiger partial charge in [-0.15, -0.1) is 0 Å². The van der Waals surface area contributed by atoms with Crippen molar-refractivity contribution < 1.29 is 0 Å². The Hall–Kier alpha value is -0.540. The van der Waals surface area contributed by atoms with Gasteiger partial charge in [-0.3, -0.25) is 0 Å². The van der Waals surface area contributed by atoms with Gasteiger partial charge in [0.25, 0.3) is 0 Å². The minimum Gasteiger partial charge on any atom is -0.373 e. The Morgan fingerprint density at radius 3 is 2.69 bits per heavy atom. The number of benzene rings is 1. The Morgan fingerprint density at radius 2 is 2.15 bits per heavy atom. The van der Waals surface area contributed by atoms with Crippen molar-refractivity contribution in [1.82, 2.24) is 0 Å². The Bertz CT molecular complexity index is 286. The second kappa shape index (κ2) is 4.63. The predicted octanol–water partition coefficient (Wildman–Crippen LogP) is 2.15. The molecule has 1 aromatic rings. The monoisotopic (exact) mass is 242 g/mol. The van der Waals surface area contributed by atoms with Crippen LogP contribution in [0.15, 0.2) is 22.7 Å². The summed E-state index contributed by atoms with van der Waals surface area (Å²) in [5.74, 6) is 0. The van der Waals surface area contributed by atoms with Crippen molar-refractivity contribution in [3.05, 3.63) is 28.2 Å². The fourth-order valence-electron chi connectivity index (χ4n) is 1.19. The molecular formula is C10H15BrN2. The summed E-state index contributed by atoms with van der Waals surface area (Å²) >= 11 is 3.47. The molecule has 72 valence electrons. The van der Waals surface area contributed by atoms with Crippen molar-refractivity contribution >= 4 is 21.6 Å². The van der Waals surface area contributed by atoms with Gasteiger partial charge < -0.3 is 10.6 Å². The summed E-state index contributed by atoms with van der Waals surface area (Å²) in [7, 11) is 2.05. The van der Waals surface area contributed by atoms with E-state index in [-0.39, 0.29) is 0 Å². The third kappa shape index (κ3) is 2.71. The quantitative estimate of drug-likeness (QED) is 0.881. The lowest BCUT2D eigenvalue weighted by Crippen LogP contribution is -2.24. The average Bonchev–Trinajstić information content (AvgIpc) is 2.10. The molecule has 0 fully saturated rings. The van der Waals surface area contributed by atoms with Crippen LogP contribution in [0.5, 0.6) is 0 Å². The van der Waals surface area contributed by atoms with Crippen LogP contribution >= 0.6 is 15.9 Å². The molecule has 0 bridgehead atoms. The summed E-state index contributed by atoms with van der Waals surface area (Å²) in [5.41, 5.74) is 7.95. The molecule has 0 aromatic heterocycles. The minimum atomic E-state index is 0.686. The molecule has 0 saturated carbocycles. The van der Waals surface area contributed by atoms with E-state index < -0.39 is 0 Å². The van der Waals surface area contributed by atoms with Gasteiger partial charge in [0.2, 0.25) is 0 Å².